The van der Waals surface area contributed by atoms with E-state index in [2.05, 4.69) is 69.4 Å². The van der Waals surface area contributed by atoms with Crippen LogP contribution in [0.1, 0.15) is 20.8 Å². The maximum absolute atomic E-state index is 5.88. The Morgan fingerprint density at radius 1 is 0.778 bits per heavy atom. The number of nitrogens with zero attached hydrogens (tertiary/aromatic N) is 3. The van der Waals surface area contributed by atoms with E-state index < -0.39 is 0 Å². The van der Waals surface area contributed by atoms with Crippen molar-refractivity contribution in [2.24, 2.45) is 0 Å². The highest BCUT2D eigenvalue weighted by Gasteiger charge is 2.18. The first-order valence-electron chi connectivity index (χ1n) is 9.63. The third-order valence-corrected chi connectivity index (χ3v) is 4.82. The molecule has 0 radical (unpaired) electrons. The molecule has 0 spiro atoms. The number of fused-ring (bicyclic) bond motifs is 1. The molecule has 1 aliphatic heterocycles. The molecule has 2 aromatic carbocycles. The summed E-state index contributed by atoms with van der Waals surface area (Å²) in [6.07, 6.45) is 0. The third-order valence-electron chi connectivity index (χ3n) is 4.82. The molecule has 0 bridgehead atoms. The number of benzene rings is 2. The minimum atomic E-state index is -0.237. The summed E-state index contributed by atoms with van der Waals surface area (Å²) in [6.45, 7) is 10.3. The molecule has 4 heteroatoms. The van der Waals surface area contributed by atoms with Crippen LogP contribution in [-0.4, -0.2) is 36.8 Å². The molecule has 1 aromatic heterocycles. The third kappa shape index (κ3) is 4.16. The van der Waals surface area contributed by atoms with Gasteiger partial charge in [0.05, 0.1) is 5.52 Å². The van der Waals surface area contributed by atoms with Gasteiger partial charge in [-0.25, -0.2) is 4.98 Å². The van der Waals surface area contributed by atoms with E-state index in [0.717, 1.165) is 37.1 Å². The normalized spacial score (nSPS) is 15.2. The summed E-state index contributed by atoms with van der Waals surface area (Å²) in [5.41, 5.74) is 3.31. The lowest BCUT2D eigenvalue weighted by Gasteiger charge is -2.37. The molecular weight excluding hydrogens is 334 g/mol. The molecule has 4 nitrogen and oxygen atoms in total. The van der Waals surface area contributed by atoms with Gasteiger partial charge in [0.15, 0.2) is 0 Å². The monoisotopic (exact) mass is 361 g/mol. The van der Waals surface area contributed by atoms with Crippen molar-refractivity contribution in [3.05, 3.63) is 60.7 Å². The lowest BCUT2D eigenvalue weighted by atomic mass is 10.1. The zero-order valence-corrected chi connectivity index (χ0v) is 16.4. The summed E-state index contributed by atoms with van der Waals surface area (Å²) in [5, 5.41) is 1.15. The Morgan fingerprint density at radius 3 is 2.11 bits per heavy atom. The van der Waals surface area contributed by atoms with Crippen LogP contribution in [0.2, 0.25) is 0 Å². The zero-order chi connectivity index (χ0) is 18.9. The minimum Gasteiger partial charge on any atom is -0.472 e. The van der Waals surface area contributed by atoms with Crippen molar-refractivity contribution < 1.29 is 4.74 Å². The summed E-state index contributed by atoms with van der Waals surface area (Å²) in [4.78, 5) is 9.56. The highest BCUT2D eigenvalue weighted by atomic mass is 16.5. The number of pyridine rings is 1. The molecule has 1 saturated heterocycles. The number of hydrogen-bond acceptors (Lipinski definition) is 4. The molecule has 0 atom stereocenters. The Balaban J connectivity index is 1.47. The number of ether oxygens (including phenoxy) is 1. The lowest BCUT2D eigenvalue weighted by molar-refractivity contribution is 0.124. The van der Waals surface area contributed by atoms with Crippen LogP contribution < -0.4 is 14.5 Å². The first-order valence-corrected chi connectivity index (χ1v) is 9.63. The summed E-state index contributed by atoms with van der Waals surface area (Å²) in [6, 6.07) is 21.2. The molecule has 4 rings (SSSR count). The largest absolute Gasteiger partial charge is 0.472 e. The van der Waals surface area contributed by atoms with E-state index in [1.807, 2.05) is 26.8 Å². The fourth-order valence-corrected chi connectivity index (χ4v) is 3.52. The van der Waals surface area contributed by atoms with Crippen molar-refractivity contribution in [1.29, 1.82) is 0 Å². The lowest BCUT2D eigenvalue weighted by Crippen LogP contribution is -2.46. The molecule has 1 aliphatic rings. The quantitative estimate of drug-likeness (QED) is 0.674. The van der Waals surface area contributed by atoms with Gasteiger partial charge in [0.2, 0.25) is 5.88 Å². The first kappa shape index (κ1) is 17.7. The van der Waals surface area contributed by atoms with Crippen LogP contribution in [0.3, 0.4) is 0 Å². The number of anilines is 2. The van der Waals surface area contributed by atoms with Gasteiger partial charge < -0.3 is 14.5 Å². The smallest absolute Gasteiger partial charge is 0.214 e. The van der Waals surface area contributed by atoms with Crippen molar-refractivity contribution >= 4 is 22.3 Å². The SMILES string of the molecule is CC(C)(C)Oc1ccc2cc(N3CCN(c4ccccc4)CC3)ccc2n1. The predicted octanol–water partition coefficient (Wildman–Crippen LogP) is 4.74. The predicted molar refractivity (Wildman–Crippen MR) is 113 cm³/mol. The molecule has 1 fully saturated rings. The van der Waals surface area contributed by atoms with Crippen molar-refractivity contribution in [2.75, 3.05) is 36.0 Å². The second kappa shape index (κ2) is 7.10. The number of rotatable bonds is 3. The fraction of sp³-hybridized carbons (Fsp3) is 0.348. The van der Waals surface area contributed by atoms with Gasteiger partial charge in [0.1, 0.15) is 5.60 Å². The van der Waals surface area contributed by atoms with E-state index in [1.54, 1.807) is 0 Å². The van der Waals surface area contributed by atoms with Crippen LogP contribution >= 0.6 is 0 Å². The van der Waals surface area contributed by atoms with Gasteiger partial charge in [-0.1, -0.05) is 18.2 Å². The van der Waals surface area contributed by atoms with Gasteiger partial charge in [0, 0.05) is 49.0 Å². The van der Waals surface area contributed by atoms with Gasteiger partial charge in [0.25, 0.3) is 0 Å². The molecule has 0 aliphatic carbocycles. The van der Waals surface area contributed by atoms with E-state index in [4.69, 9.17) is 4.74 Å². The van der Waals surface area contributed by atoms with Gasteiger partial charge in [-0.15, -0.1) is 0 Å². The van der Waals surface area contributed by atoms with Crippen molar-refractivity contribution in [2.45, 2.75) is 26.4 Å². The topological polar surface area (TPSA) is 28.6 Å². The molecule has 3 aromatic rings. The van der Waals surface area contributed by atoms with Crippen LogP contribution in [0, 0.1) is 0 Å². The summed E-state index contributed by atoms with van der Waals surface area (Å²) in [5.74, 6) is 0.680. The number of para-hydroxylation sites is 1. The Bertz CT molecular complexity index is 910. The fourth-order valence-electron chi connectivity index (χ4n) is 3.52. The van der Waals surface area contributed by atoms with E-state index in [-0.39, 0.29) is 5.60 Å². The Kier molecular flexibility index (Phi) is 4.65. The maximum atomic E-state index is 5.88. The standard InChI is InChI=1S/C23H27N3O/c1-23(2,3)27-22-12-9-18-17-20(10-11-21(18)24-22)26-15-13-25(14-16-26)19-7-5-4-6-8-19/h4-12,17H,13-16H2,1-3H3. The van der Waals surface area contributed by atoms with Crippen LogP contribution in [0.5, 0.6) is 5.88 Å². The minimum absolute atomic E-state index is 0.237. The molecule has 0 amide bonds. The summed E-state index contributed by atoms with van der Waals surface area (Å²) >= 11 is 0. The van der Waals surface area contributed by atoms with Crippen molar-refractivity contribution in [3.63, 3.8) is 0 Å². The Labute approximate surface area is 161 Å². The van der Waals surface area contributed by atoms with Gasteiger partial charge in [-0.2, -0.15) is 0 Å². The molecule has 0 unspecified atom stereocenters. The molecule has 140 valence electrons. The van der Waals surface area contributed by atoms with Crippen molar-refractivity contribution in [1.82, 2.24) is 4.98 Å². The van der Waals surface area contributed by atoms with E-state index in [0.29, 0.717) is 5.88 Å². The number of piperazine rings is 1. The maximum Gasteiger partial charge on any atom is 0.214 e. The summed E-state index contributed by atoms with van der Waals surface area (Å²) in [7, 11) is 0. The van der Waals surface area contributed by atoms with Crippen LogP contribution in [0.25, 0.3) is 10.9 Å². The second-order valence-electron chi connectivity index (χ2n) is 8.05. The van der Waals surface area contributed by atoms with Crippen LogP contribution in [0.4, 0.5) is 11.4 Å². The molecule has 0 N–H and O–H groups in total. The highest BCUT2D eigenvalue weighted by Crippen LogP contribution is 2.26. The number of aromatic nitrogens is 1. The first-order chi connectivity index (χ1) is 13.0. The zero-order valence-electron chi connectivity index (χ0n) is 16.4. The summed E-state index contributed by atoms with van der Waals surface area (Å²) < 4.78 is 5.88. The number of hydrogen-bond donors (Lipinski definition) is 0. The average Bonchev–Trinajstić information content (AvgIpc) is 2.67. The van der Waals surface area contributed by atoms with Gasteiger partial charge in [-0.05, 0) is 57.2 Å². The van der Waals surface area contributed by atoms with Crippen LogP contribution in [-0.2, 0) is 0 Å². The van der Waals surface area contributed by atoms with E-state index in [1.165, 1.54) is 11.4 Å². The Morgan fingerprint density at radius 2 is 1.44 bits per heavy atom. The van der Waals surface area contributed by atoms with Gasteiger partial charge in [-0.3, -0.25) is 0 Å². The molecule has 2 heterocycles. The highest BCUT2D eigenvalue weighted by molar-refractivity contribution is 5.83. The van der Waals surface area contributed by atoms with Gasteiger partial charge >= 0.3 is 0 Å². The van der Waals surface area contributed by atoms with Crippen molar-refractivity contribution in [3.8, 4) is 5.88 Å². The Hall–Kier alpha value is -2.75. The van der Waals surface area contributed by atoms with Crippen LogP contribution in [0.15, 0.2) is 60.7 Å². The van der Waals surface area contributed by atoms with E-state index >= 15 is 0 Å². The van der Waals surface area contributed by atoms with E-state index in [9.17, 15) is 0 Å². The average molecular weight is 361 g/mol. The molecular formula is C23H27N3O. The second-order valence-corrected chi connectivity index (χ2v) is 8.05. The molecule has 27 heavy (non-hydrogen) atoms. The molecule has 0 saturated carbocycles.